The van der Waals surface area contributed by atoms with Crippen LogP contribution in [0.4, 0.5) is 0 Å². The van der Waals surface area contributed by atoms with E-state index in [-0.39, 0.29) is 0 Å². The fourth-order valence-electron chi connectivity index (χ4n) is 5.22. The fraction of sp³-hybridized carbons (Fsp3) is 0. The van der Waals surface area contributed by atoms with Gasteiger partial charge in [-0.1, -0.05) is 72.8 Å². The minimum absolute atomic E-state index is 0.561. The predicted octanol–water partition coefficient (Wildman–Crippen LogP) is 8.80. The third kappa shape index (κ3) is 5.34. The van der Waals surface area contributed by atoms with E-state index in [0.29, 0.717) is 23.4 Å². The molecule has 0 saturated heterocycles. The maximum atomic E-state index is 5.99. The normalized spacial score (nSPS) is 11.1. The van der Waals surface area contributed by atoms with Gasteiger partial charge in [0, 0.05) is 45.8 Å². The van der Waals surface area contributed by atoms with Gasteiger partial charge >= 0.3 is 0 Å². The van der Waals surface area contributed by atoms with E-state index in [2.05, 4.69) is 27.1 Å². The molecule has 0 amide bonds. The van der Waals surface area contributed by atoms with E-state index in [4.69, 9.17) is 19.4 Å². The van der Waals surface area contributed by atoms with Crippen LogP contribution in [0, 0.1) is 0 Å². The Balaban J connectivity index is 1.23. The van der Waals surface area contributed by atoms with Gasteiger partial charge in [-0.05, 0) is 60.7 Å². The molecule has 0 atom stereocenters. The van der Waals surface area contributed by atoms with Gasteiger partial charge in [0.25, 0.3) is 0 Å². The summed E-state index contributed by atoms with van der Waals surface area (Å²) in [6.45, 7) is 0. The molecule has 0 unspecified atom stereocenters. The van der Waals surface area contributed by atoms with Gasteiger partial charge in [0.1, 0.15) is 5.52 Å². The van der Waals surface area contributed by atoms with Gasteiger partial charge in [-0.15, -0.1) is 0 Å². The molecule has 0 fully saturated rings. The van der Waals surface area contributed by atoms with E-state index < -0.39 is 0 Å². The molecule has 212 valence electrons. The second-order valence-corrected chi connectivity index (χ2v) is 10.5. The van der Waals surface area contributed by atoms with Crippen molar-refractivity contribution in [2.24, 2.45) is 0 Å². The highest BCUT2D eigenvalue weighted by molar-refractivity contribution is 5.77. The maximum absolute atomic E-state index is 5.99. The second kappa shape index (κ2) is 11.4. The highest BCUT2D eigenvalue weighted by atomic mass is 16.3. The van der Waals surface area contributed by atoms with Crippen LogP contribution >= 0.6 is 0 Å². The zero-order chi connectivity index (χ0) is 30.0. The minimum Gasteiger partial charge on any atom is -0.436 e. The van der Waals surface area contributed by atoms with Crippen molar-refractivity contribution in [3.63, 3.8) is 0 Å². The molecule has 0 saturated carbocycles. The number of fused-ring (bicyclic) bond motifs is 1. The van der Waals surface area contributed by atoms with Crippen LogP contribution in [0.1, 0.15) is 0 Å². The van der Waals surface area contributed by atoms with Crippen LogP contribution in [0.2, 0.25) is 0 Å². The molecular formula is C38H24N6O. The van der Waals surface area contributed by atoms with Gasteiger partial charge < -0.3 is 4.42 Å². The molecule has 0 radical (unpaired) electrons. The number of benzene rings is 4. The Labute approximate surface area is 259 Å². The first-order valence-electron chi connectivity index (χ1n) is 14.5. The number of rotatable bonds is 6. The van der Waals surface area contributed by atoms with Crippen molar-refractivity contribution in [2.75, 3.05) is 0 Å². The zero-order valence-electron chi connectivity index (χ0n) is 23.9. The van der Waals surface area contributed by atoms with Crippen LogP contribution in [0.25, 0.3) is 79.2 Å². The summed E-state index contributed by atoms with van der Waals surface area (Å²) >= 11 is 0. The van der Waals surface area contributed by atoms with E-state index in [0.717, 1.165) is 55.9 Å². The van der Waals surface area contributed by atoms with Gasteiger partial charge in [0.05, 0.1) is 11.4 Å². The SMILES string of the molecule is c1ccc(-c2cccc(-c3nc(-c4ccc(-c5nc6ccccc6o5)cc4)nc(-c4cccc(-c5ccccn5)c4)n3)c2)nc1. The molecule has 4 aromatic carbocycles. The topological polar surface area (TPSA) is 90.5 Å². The summed E-state index contributed by atoms with van der Waals surface area (Å²) in [6.07, 6.45) is 3.58. The van der Waals surface area contributed by atoms with E-state index in [1.54, 1.807) is 12.4 Å². The van der Waals surface area contributed by atoms with Gasteiger partial charge in [-0.2, -0.15) is 0 Å². The molecule has 8 aromatic rings. The van der Waals surface area contributed by atoms with E-state index in [9.17, 15) is 0 Å². The average Bonchev–Trinajstić information content (AvgIpc) is 3.57. The third-order valence-electron chi connectivity index (χ3n) is 7.48. The molecule has 0 aliphatic rings. The van der Waals surface area contributed by atoms with Crippen molar-refractivity contribution in [2.45, 2.75) is 0 Å². The van der Waals surface area contributed by atoms with Gasteiger partial charge in [0.15, 0.2) is 23.1 Å². The number of oxazole rings is 1. The lowest BCUT2D eigenvalue weighted by molar-refractivity contribution is 0.620. The van der Waals surface area contributed by atoms with Crippen molar-refractivity contribution in [1.82, 2.24) is 29.9 Å². The van der Waals surface area contributed by atoms with Crippen molar-refractivity contribution < 1.29 is 4.42 Å². The van der Waals surface area contributed by atoms with Gasteiger partial charge in [0.2, 0.25) is 5.89 Å². The fourth-order valence-corrected chi connectivity index (χ4v) is 5.22. The Kier molecular flexibility index (Phi) is 6.66. The zero-order valence-corrected chi connectivity index (χ0v) is 23.9. The molecule has 4 aromatic heterocycles. The van der Waals surface area contributed by atoms with Crippen molar-refractivity contribution in [3.05, 3.63) is 146 Å². The van der Waals surface area contributed by atoms with Crippen LogP contribution in [0.3, 0.4) is 0 Å². The molecule has 7 nitrogen and oxygen atoms in total. The molecule has 0 aliphatic carbocycles. The van der Waals surface area contributed by atoms with E-state index >= 15 is 0 Å². The first-order valence-corrected chi connectivity index (χ1v) is 14.5. The molecule has 0 aliphatic heterocycles. The van der Waals surface area contributed by atoms with Crippen LogP contribution in [-0.4, -0.2) is 29.9 Å². The highest BCUT2D eigenvalue weighted by Crippen LogP contribution is 2.31. The van der Waals surface area contributed by atoms with Crippen molar-refractivity contribution in [3.8, 4) is 68.1 Å². The summed E-state index contributed by atoms with van der Waals surface area (Å²) in [5.41, 5.74) is 8.76. The molecule has 4 heterocycles. The van der Waals surface area contributed by atoms with Gasteiger partial charge in [-0.25, -0.2) is 19.9 Å². The predicted molar refractivity (Wildman–Crippen MR) is 176 cm³/mol. The summed E-state index contributed by atoms with van der Waals surface area (Å²) < 4.78 is 5.99. The Bertz CT molecular complexity index is 2130. The van der Waals surface area contributed by atoms with Crippen molar-refractivity contribution in [1.29, 1.82) is 0 Å². The number of pyridine rings is 2. The van der Waals surface area contributed by atoms with Gasteiger partial charge in [-0.3, -0.25) is 9.97 Å². The lowest BCUT2D eigenvalue weighted by atomic mass is 10.1. The highest BCUT2D eigenvalue weighted by Gasteiger charge is 2.15. The molecule has 0 bridgehead atoms. The largest absolute Gasteiger partial charge is 0.436 e. The Morgan fingerprint density at radius 1 is 0.378 bits per heavy atom. The summed E-state index contributed by atoms with van der Waals surface area (Å²) in [5, 5.41) is 0. The first-order chi connectivity index (χ1) is 22.3. The average molecular weight is 581 g/mol. The molecule has 0 N–H and O–H groups in total. The smallest absolute Gasteiger partial charge is 0.227 e. The quantitative estimate of drug-likeness (QED) is 0.194. The monoisotopic (exact) mass is 580 g/mol. The molecular weight excluding hydrogens is 556 g/mol. The minimum atomic E-state index is 0.561. The number of hydrogen-bond acceptors (Lipinski definition) is 7. The van der Waals surface area contributed by atoms with Crippen LogP contribution in [0.15, 0.2) is 150 Å². The first kappa shape index (κ1) is 26.3. The number of aromatic nitrogens is 6. The molecule has 7 heteroatoms. The molecule has 45 heavy (non-hydrogen) atoms. The standard InChI is InChI=1S/C38H24N6O/c1-2-16-34-33(15-1)41-38(45-34)26-19-17-25(18-20-26)35-42-36(29-11-7-9-27(23-29)31-13-3-5-21-39-31)44-37(43-35)30-12-8-10-28(24-30)32-14-4-6-22-40-32/h1-24H. The van der Waals surface area contributed by atoms with E-state index in [1.807, 2.05) is 121 Å². The Morgan fingerprint density at radius 2 is 0.889 bits per heavy atom. The Hall–Kier alpha value is -6.34. The van der Waals surface area contributed by atoms with Crippen molar-refractivity contribution >= 4 is 11.1 Å². The lowest BCUT2D eigenvalue weighted by Crippen LogP contribution is -2.00. The van der Waals surface area contributed by atoms with Crippen LogP contribution in [0.5, 0.6) is 0 Å². The van der Waals surface area contributed by atoms with E-state index in [1.165, 1.54) is 0 Å². The maximum Gasteiger partial charge on any atom is 0.227 e. The summed E-state index contributed by atoms with van der Waals surface area (Å²) in [7, 11) is 0. The number of para-hydroxylation sites is 2. The number of hydrogen-bond donors (Lipinski definition) is 0. The lowest BCUT2D eigenvalue weighted by Gasteiger charge is -2.10. The Morgan fingerprint density at radius 3 is 1.44 bits per heavy atom. The third-order valence-corrected chi connectivity index (χ3v) is 7.48. The molecule has 0 spiro atoms. The summed E-state index contributed by atoms with van der Waals surface area (Å²) in [4.78, 5) is 28.6. The molecule has 8 rings (SSSR count). The van der Waals surface area contributed by atoms with Crippen LogP contribution in [-0.2, 0) is 0 Å². The summed E-state index contributed by atoms with van der Waals surface area (Å²) in [5.74, 6) is 2.26. The summed E-state index contributed by atoms with van der Waals surface area (Å²) in [6, 6.07) is 43.7. The second-order valence-electron chi connectivity index (χ2n) is 10.5. The number of nitrogens with zero attached hydrogens (tertiary/aromatic N) is 6. The van der Waals surface area contributed by atoms with Crippen LogP contribution < -0.4 is 0 Å².